The van der Waals surface area contributed by atoms with Gasteiger partial charge in [-0.1, -0.05) is 43.0 Å². The number of rotatable bonds is 5. The Balaban J connectivity index is 1.82. The van der Waals surface area contributed by atoms with Crippen molar-refractivity contribution in [1.29, 1.82) is 0 Å². The Morgan fingerprint density at radius 3 is 2.73 bits per heavy atom. The van der Waals surface area contributed by atoms with Crippen molar-refractivity contribution in [3.63, 3.8) is 0 Å². The molecule has 0 spiro atoms. The minimum atomic E-state index is -0.348. The zero-order valence-corrected chi connectivity index (χ0v) is 15.8. The van der Waals surface area contributed by atoms with Gasteiger partial charge in [-0.2, -0.15) is 0 Å². The van der Waals surface area contributed by atoms with Crippen LogP contribution in [-0.2, 0) is 4.79 Å². The minimum absolute atomic E-state index is 0.0954. The third kappa shape index (κ3) is 3.80. The number of hydrogen-bond donors (Lipinski definition) is 2. The Morgan fingerprint density at radius 1 is 1.19 bits per heavy atom. The molecule has 134 valence electrons. The van der Waals surface area contributed by atoms with Gasteiger partial charge in [-0.05, 0) is 49.6 Å². The summed E-state index contributed by atoms with van der Waals surface area (Å²) in [7, 11) is 0. The molecule has 0 aliphatic rings. The highest BCUT2D eigenvalue weighted by Crippen LogP contribution is 2.25. The van der Waals surface area contributed by atoms with Crippen LogP contribution in [0.1, 0.15) is 24.5 Å². The van der Waals surface area contributed by atoms with Crippen LogP contribution in [0.25, 0.3) is 10.9 Å². The molecule has 5 nitrogen and oxygen atoms in total. The molecule has 1 atom stereocenters. The highest BCUT2D eigenvalue weighted by Gasteiger charge is 2.20. The van der Waals surface area contributed by atoms with Crippen molar-refractivity contribution in [3.05, 3.63) is 63.9 Å². The van der Waals surface area contributed by atoms with Gasteiger partial charge < -0.3 is 10.3 Å². The Bertz CT molecular complexity index is 1010. The monoisotopic (exact) mass is 367 g/mol. The van der Waals surface area contributed by atoms with Crippen LogP contribution in [0.4, 0.5) is 5.69 Å². The van der Waals surface area contributed by atoms with Crippen LogP contribution in [-0.4, -0.2) is 21.1 Å². The van der Waals surface area contributed by atoms with Gasteiger partial charge in [0.1, 0.15) is 0 Å². The number of aryl methyl sites for hydroxylation is 1. The molecule has 0 aliphatic heterocycles. The van der Waals surface area contributed by atoms with Crippen LogP contribution in [0.5, 0.6) is 0 Å². The second kappa shape index (κ2) is 7.74. The number of H-pyrrole nitrogens is 1. The van der Waals surface area contributed by atoms with Crippen molar-refractivity contribution in [2.24, 2.45) is 0 Å². The summed E-state index contributed by atoms with van der Waals surface area (Å²) in [5, 5.41) is 3.65. The van der Waals surface area contributed by atoms with Gasteiger partial charge in [0.25, 0.3) is 5.56 Å². The number of amides is 1. The Morgan fingerprint density at radius 2 is 1.96 bits per heavy atom. The Hall–Kier alpha value is -2.60. The Labute approximate surface area is 156 Å². The van der Waals surface area contributed by atoms with Crippen LogP contribution < -0.4 is 10.9 Å². The van der Waals surface area contributed by atoms with Crippen molar-refractivity contribution in [3.8, 4) is 0 Å². The molecule has 1 aromatic heterocycles. The lowest BCUT2D eigenvalue weighted by Gasteiger charge is -2.16. The van der Waals surface area contributed by atoms with Gasteiger partial charge in [0.2, 0.25) is 5.91 Å². The van der Waals surface area contributed by atoms with E-state index in [-0.39, 0.29) is 16.7 Å². The van der Waals surface area contributed by atoms with Crippen LogP contribution in [0.15, 0.2) is 52.4 Å². The van der Waals surface area contributed by atoms with Gasteiger partial charge in [0, 0.05) is 5.69 Å². The third-order valence-electron chi connectivity index (χ3n) is 4.37. The van der Waals surface area contributed by atoms with Gasteiger partial charge in [0.05, 0.1) is 16.2 Å². The molecule has 0 radical (unpaired) electrons. The third-order valence-corrected chi connectivity index (χ3v) is 5.62. The summed E-state index contributed by atoms with van der Waals surface area (Å²) in [5.74, 6) is -0.0954. The normalized spacial score (nSPS) is 12.1. The summed E-state index contributed by atoms with van der Waals surface area (Å²) in [6.07, 6.45) is 0.623. The maximum Gasteiger partial charge on any atom is 0.259 e. The average Bonchev–Trinajstić information content (AvgIpc) is 2.63. The summed E-state index contributed by atoms with van der Waals surface area (Å²) in [5.41, 5.74) is 3.43. The second-order valence-corrected chi connectivity index (χ2v) is 7.33. The van der Waals surface area contributed by atoms with Crippen LogP contribution in [0, 0.1) is 13.8 Å². The molecular weight excluding hydrogens is 346 g/mol. The van der Waals surface area contributed by atoms with E-state index in [4.69, 9.17) is 0 Å². The minimum Gasteiger partial charge on any atom is -0.325 e. The summed E-state index contributed by atoms with van der Waals surface area (Å²) in [6, 6.07) is 13.0. The molecule has 0 aliphatic carbocycles. The van der Waals surface area contributed by atoms with E-state index in [1.54, 1.807) is 18.2 Å². The number of anilines is 1. The molecule has 1 amide bonds. The first-order valence-corrected chi connectivity index (χ1v) is 9.40. The molecule has 1 unspecified atom stereocenters. The first-order valence-electron chi connectivity index (χ1n) is 8.52. The lowest BCUT2D eigenvalue weighted by molar-refractivity contribution is -0.115. The van der Waals surface area contributed by atoms with Gasteiger partial charge in [-0.25, -0.2) is 4.98 Å². The molecule has 2 N–H and O–H groups in total. The number of hydrogen-bond acceptors (Lipinski definition) is 4. The molecule has 0 saturated heterocycles. The largest absolute Gasteiger partial charge is 0.325 e. The fraction of sp³-hybridized carbons (Fsp3) is 0.250. The van der Waals surface area contributed by atoms with E-state index < -0.39 is 0 Å². The molecule has 3 rings (SSSR count). The smallest absolute Gasteiger partial charge is 0.259 e. The first kappa shape index (κ1) is 18.2. The van der Waals surface area contributed by atoms with E-state index >= 15 is 0 Å². The van der Waals surface area contributed by atoms with E-state index in [1.165, 1.54) is 11.8 Å². The average molecular weight is 367 g/mol. The molecule has 0 saturated carbocycles. The quantitative estimate of drug-likeness (QED) is 0.527. The second-order valence-electron chi connectivity index (χ2n) is 6.14. The predicted molar refractivity (Wildman–Crippen MR) is 107 cm³/mol. The lowest BCUT2D eigenvalue weighted by atomic mass is 10.1. The van der Waals surface area contributed by atoms with Crippen molar-refractivity contribution >= 4 is 34.3 Å². The zero-order chi connectivity index (χ0) is 18.7. The maximum atomic E-state index is 12.7. The maximum absolute atomic E-state index is 12.7. The van der Waals surface area contributed by atoms with Crippen LogP contribution >= 0.6 is 11.8 Å². The van der Waals surface area contributed by atoms with Crippen molar-refractivity contribution in [1.82, 2.24) is 9.97 Å². The van der Waals surface area contributed by atoms with Gasteiger partial charge in [-0.15, -0.1) is 0 Å². The molecule has 6 heteroatoms. The van der Waals surface area contributed by atoms with E-state index in [1.807, 2.05) is 45.0 Å². The summed E-state index contributed by atoms with van der Waals surface area (Å²) >= 11 is 1.28. The summed E-state index contributed by atoms with van der Waals surface area (Å²) < 4.78 is 0. The topological polar surface area (TPSA) is 74.8 Å². The number of thioether (sulfide) groups is 1. The molecular formula is C20H21N3O2S. The molecule has 26 heavy (non-hydrogen) atoms. The number of aromatic amines is 1. The van der Waals surface area contributed by atoms with Gasteiger partial charge in [-0.3, -0.25) is 9.59 Å². The molecule has 3 aromatic rings. The fourth-order valence-electron chi connectivity index (χ4n) is 2.68. The fourth-order valence-corrected chi connectivity index (χ4v) is 3.58. The van der Waals surface area contributed by atoms with Crippen LogP contribution in [0.3, 0.4) is 0 Å². The zero-order valence-electron chi connectivity index (χ0n) is 15.0. The number of para-hydroxylation sites is 1. The standard InChI is InChI=1S/C20H21N3O2S/c1-4-17(19(25)21-15-11-7-8-12(2)13(15)3)26-20-22-16-10-6-5-9-14(16)18(24)23-20/h5-11,17H,4H2,1-3H3,(H,21,25)(H,22,23,24). The first-order chi connectivity index (χ1) is 12.5. The Kier molecular flexibility index (Phi) is 5.42. The molecule has 2 aromatic carbocycles. The number of aromatic nitrogens is 2. The number of benzene rings is 2. The van der Waals surface area contributed by atoms with E-state index in [2.05, 4.69) is 15.3 Å². The highest BCUT2D eigenvalue weighted by molar-refractivity contribution is 8.00. The van der Waals surface area contributed by atoms with Crippen molar-refractivity contribution in [2.75, 3.05) is 5.32 Å². The van der Waals surface area contributed by atoms with E-state index in [0.29, 0.717) is 22.5 Å². The lowest BCUT2D eigenvalue weighted by Crippen LogP contribution is -2.25. The number of carbonyl (C=O) groups excluding carboxylic acids is 1. The predicted octanol–water partition coefficient (Wildman–Crippen LogP) is 4.05. The summed E-state index contributed by atoms with van der Waals surface area (Å²) in [6.45, 7) is 5.95. The molecule has 1 heterocycles. The number of nitrogens with zero attached hydrogens (tertiary/aromatic N) is 1. The highest BCUT2D eigenvalue weighted by atomic mass is 32.2. The number of carbonyl (C=O) groups is 1. The van der Waals surface area contributed by atoms with Gasteiger partial charge in [0.15, 0.2) is 5.16 Å². The SMILES string of the molecule is CCC(Sc1nc2ccccc2c(=O)[nH]1)C(=O)Nc1cccc(C)c1C. The van der Waals surface area contributed by atoms with Crippen LogP contribution in [0.2, 0.25) is 0 Å². The molecule has 0 fully saturated rings. The number of nitrogens with one attached hydrogen (secondary N) is 2. The van der Waals surface area contributed by atoms with Crippen molar-refractivity contribution in [2.45, 2.75) is 37.6 Å². The van der Waals surface area contributed by atoms with Gasteiger partial charge >= 0.3 is 0 Å². The summed E-state index contributed by atoms with van der Waals surface area (Å²) in [4.78, 5) is 32.2. The van der Waals surface area contributed by atoms with Crippen molar-refractivity contribution < 1.29 is 4.79 Å². The van der Waals surface area contributed by atoms with E-state index in [0.717, 1.165) is 16.8 Å². The number of fused-ring (bicyclic) bond motifs is 1. The van der Waals surface area contributed by atoms with E-state index in [9.17, 15) is 9.59 Å². The molecule has 0 bridgehead atoms.